The smallest absolute Gasteiger partial charge is 0.237 e. The van der Waals surface area contributed by atoms with Crippen LogP contribution >= 0.6 is 0 Å². The van der Waals surface area contributed by atoms with E-state index in [-0.39, 0.29) is 5.91 Å². The summed E-state index contributed by atoms with van der Waals surface area (Å²) in [5.74, 6) is -0.117. The van der Waals surface area contributed by atoms with E-state index in [1.807, 2.05) is 6.07 Å². The molecular formula is C12H18N2O. The molecule has 0 saturated heterocycles. The van der Waals surface area contributed by atoms with E-state index in [1.165, 1.54) is 11.1 Å². The first-order valence-corrected chi connectivity index (χ1v) is 5.08. The Labute approximate surface area is 90.7 Å². The molecule has 1 atom stereocenters. The van der Waals surface area contributed by atoms with Crippen molar-refractivity contribution < 1.29 is 4.79 Å². The van der Waals surface area contributed by atoms with Gasteiger partial charge in [-0.2, -0.15) is 0 Å². The molecular weight excluding hydrogens is 188 g/mol. The fraction of sp³-hybridized carbons (Fsp3) is 0.417. The van der Waals surface area contributed by atoms with Crippen LogP contribution in [0, 0.1) is 13.8 Å². The fourth-order valence-corrected chi connectivity index (χ4v) is 1.46. The second-order valence-corrected chi connectivity index (χ2v) is 3.84. The van der Waals surface area contributed by atoms with E-state index >= 15 is 0 Å². The van der Waals surface area contributed by atoms with Crippen LogP contribution in [-0.2, 0) is 11.2 Å². The van der Waals surface area contributed by atoms with E-state index < -0.39 is 6.04 Å². The SMILES string of the molecule is CNC(=O)C(N)Cc1ccc(C)c(C)c1. The second-order valence-electron chi connectivity index (χ2n) is 3.84. The van der Waals surface area contributed by atoms with Crippen molar-refractivity contribution in [3.8, 4) is 0 Å². The first kappa shape index (κ1) is 11.7. The molecule has 0 aromatic heterocycles. The van der Waals surface area contributed by atoms with Gasteiger partial charge in [0, 0.05) is 7.05 Å². The summed E-state index contributed by atoms with van der Waals surface area (Å²) in [6.45, 7) is 4.13. The third kappa shape index (κ3) is 3.06. The number of hydrogen-bond donors (Lipinski definition) is 2. The molecule has 1 amide bonds. The lowest BCUT2D eigenvalue weighted by molar-refractivity contribution is -0.121. The summed E-state index contributed by atoms with van der Waals surface area (Å²) in [6, 6.07) is 5.70. The Morgan fingerprint density at radius 1 is 1.40 bits per heavy atom. The van der Waals surface area contributed by atoms with Crippen molar-refractivity contribution in [1.82, 2.24) is 5.32 Å². The Kier molecular flexibility index (Phi) is 3.86. The van der Waals surface area contributed by atoms with Crippen LogP contribution in [0.15, 0.2) is 18.2 Å². The summed E-state index contributed by atoms with van der Waals surface area (Å²) in [6.07, 6.45) is 0.584. The Morgan fingerprint density at radius 2 is 2.07 bits per heavy atom. The van der Waals surface area contributed by atoms with Crippen LogP contribution in [0.1, 0.15) is 16.7 Å². The number of nitrogens with one attached hydrogen (secondary N) is 1. The van der Waals surface area contributed by atoms with Gasteiger partial charge in [-0.05, 0) is 37.0 Å². The molecule has 0 spiro atoms. The third-order valence-corrected chi connectivity index (χ3v) is 2.61. The van der Waals surface area contributed by atoms with Gasteiger partial charge in [-0.25, -0.2) is 0 Å². The van der Waals surface area contributed by atoms with E-state index in [1.54, 1.807) is 7.05 Å². The summed E-state index contributed by atoms with van der Waals surface area (Å²) >= 11 is 0. The van der Waals surface area contributed by atoms with Gasteiger partial charge in [0.25, 0.3) is 0 Å². The van der Waals surface area contributed by atoms with E-state index in [4.69, 9.17) is 5.73 Å². The van der Waals surface area contributed by atoms with Gasteiger partial charge in [0.15, 0.2) is 0 Å². The van der Waals surface area contributed by atoms with Gasteiger partial charge >= 0.3 is 0 Å². The van der Waals surface area contributed by atoms with E-state index in [2.05, 4.69) is 31.3 Å². The Balaban J connectivity index is 2.73. The summed E-state index contributed by atoms with van der Waals surface area (Å²) in [4.78, 5) is 11.2. The molecule has 0 aliphatic carbocycles. The van der Waals surface area contributed by atoms with Gasteiger partial charge in [-0.3, -0.25) is 4.79 Å². The number of nitrogens with two attached hydrogens (primary N) is 1. The molecule has 1 aromatic rings. The third-order valence-electron chi connectivity index (χ3n) is 2.61. The first-order chi connectivity index (χ1) is 7.04. The molecule has 0 aliphatic heterocycles. The Bertz CT molecular complexity index is 361. The highest BCUT2D eigenvalue weighted by molar-refractivity contribution is 5.81. The molecule has 1 unspecified atom stereocenters. The molecule has 0 aliphatic rings. The van der Waals surface area contributed by atoms with Crippen LogP contribution in [0.3, 0.4) is 0 Å². The van der Waals surface area contributed by atoms with Crippen LogP contribution in [0.25, 0.3) is 0 Å². The highest BCUT2D eigenvalue weighted by Gasteiger charge is 2.12. The number of likely N-dealkylation sites (N-methyl/N-ethyl adjacent to an activating group) is 1. The zero-order valence-corrected chi connectivity index (χ0v) is 9.50. The standard InChI is InChI=1S/C12H18N2O/c1-8-4-5-10(6-9(8)2)7-11(13)12(15)14-3/h4-6,11H,7,13H2,1-3H3,(H,14,15). The van der Waals surface area contributed by atoms with Crippen molar-refractivity contribution in [2.24, 2.45) is 5.73 Å². The summed E-state index contributed by atoms with van der Waals surface area (Å²) in [5, 5.41) is 2.55. The average molecular weight is 206 g/mol. The number of rotatable bonds is 3. The van der Waals surface area contributed by atoms with Crippen molar-refractivity contribution in [1.29, 1.82) is 0 Å². The van der Waals surface area contributed by atoms with Crippen LogP contribution in [-0.4, -0.2) is 19.0 Å². The minimum absolute atomic E-state index is 0.117. The maximum atomic E-state index is 11.2. The Morgan fingerprint density at radius 3 is 2.60 bits per heavy atom. The van der Waals surface area contributed by atoms with E-state index in [9.17, 15) is 4.79 Å². The predicted octanol–water partition coefficient (Wildman–Crippen LogP) is 0.919. The summed E-state index contributed by atoms with van der Waals surface area (Å²) < 4.78 is 0. The molecule has 1 rings (SSSR count). The predicted molar refractivity (Wildman–Crippen MR) is 61.7 cm³/mol. The van der Waals surface area contributed by atoms with Crippen molar-refractivity contribution >= 4 is 5.91 Å². The lowest BCUT2D eigenvalue weighted by Gasteiger charge is -2.11. The maximum absolute atomic E-state index is 11.2. The van der Waals surface area contributed by atoms with Gasteiger partial charge in [0.05, 0.1) is 6.04 Å². The van der Waals surface area contributed by atoms with Gasteiger partial charge in [-0.15, -0.1) is 0 Å². The quantitative estimate of drug-likeness (QED) is 0.772. The zero-order chi connectivity index (χ0) is 11.4. The van der Waals surface area contributed by atoms with Crippen LogP contribution in [0.5, 0.6) is 0 Å². The van der Waals surface area contributed by atoms with Gasteiger partial charge in [0.1, 0.15) is 0 Å². The normalized spacial score (nSPS) is 12.3. The van der Waals surface area contributed by atoms with Gasteiger partial charge in [0.2, 0.25) is 5.91 Å². The van der Waals surface area contributed by atoms with Crippen LogP contribution in [0.2, 0.25) is 0 Å². The van der Waals surface area contributed by atoms with Gasteiger partial charge < -0.3 is 11.1 Å². The molecule has 0 fully saturated rings. The van der Waals surface area contributed by atoms with E-state index in [0.29, 0.717) is 6.42 Å². The Hall–Kier alpha value is -1.35. The molecule has 0 bridgehead atoms. The number of aryl methyl sites for hydroxylation is 2. The first-order valence-electron chi connectivity index (χ1n) is 5.08. The van der Waals surface area contributed by atoms with Gasteiger partial charge in [-0.1, -0.05) is 18.2 Å². The summed E-state index contributed by atoms with van der Waals surface area (Å²) in [7, 11) is 1.60. The minimum Gasteiger partial charge on any atom is -0.358 e. The molecule has 3 nitrogen and oxygen atoms in total. The number of benzene rings is 1. The molecule has 0 heterocycles. The zero-order valence-electron chi connectivity index (χ0n) is 9.50. The fourth-order valence-electron chi connectivity index (χ4n) is 1.46. The molecule has 3 N–H and O–H groups in total. The molecule has 15 heavy (non-hydrogen) atoms. The topological polar surface area (TPSA) is 55.1 Å². The van der Waals surface area contributed by atoms with Crippen molar-refractivity contribution in [2.45, 2.75) is 26.3 Å². The maximum Gasteiger partial charge on any atom is 0.237 e. The average Bonchev–Trinajstić information content (AvgIpc) is 2.22. The summed E-state index contributed by atoms with van der Waals surface area (Å²) in [5.41, 5.74) is 9.33. The van der Waals surface area contributed by atoms with Crippen molar-refractivity contribution in [3.05, 3.63) is 34.9 Å². The second kappa shape index (κ2) is 4.94. The minimum atomic E-state index is -0.461. The highest BCUT2D eigenvalue weighted by Crippen LogP contribution is 2.11. The van der Waals surface area contributed by atoms with Crippen molar-refractivity contribution in [3.63, 3.8) is 0 Å². The number of carbonyl (C=O) groups excluding carboxylic acids is 1. The number of amides is 1. The van der Waals surface area contributed by atoms with E-state index in [0.717, 1.165) is 5.56 Å². The lowest BCUT2D eigenvalue weighted by Crippen LogP contribution is -2.40. The lowest BCUT2D eigenvalue weighted by atomic mass is 10.0. The molecule has 1 aromatic carbocycles. The molecule has 0 saturated carbocycles. The molecule has 0 radical (unpaired) electrons. The monoisotopic (exact) mass is 206 g/mol. The number of carbonyl (C=O) groups is 1. The van der Waals surface area contributed by atoms with Crippen molar-refractivity contribution in [2.75, 3.05) is 7.05 Å². The number of hydrogen-bond acceptors (Lipinski definition) is 2. The highest BCUT2D eigenvalue weighted by atomic mass is 16.2. The molecule has 3 heteroatoms. The molecule has 82 valence electrons. The largest absolute Gasteiger partial charge is 0.358 e. The van der Waals surface area contributed by atoms with Crippen LogP contribution < -0.4 is 11.1 Å². The van der Waals surface area contributed by atoms with Crippen LogP contribution in [0.4, 0.5) is 0 Å².